The third-order valence-corrected chi connectivity index (χ3v) is 3.00. The van der Waals surface area contributed by atoms with E-state index in [4.69, 9.17) is 5.14 Å². The van der Waals surface area contributed by atoms with Crippen LogP contribution in [0.25, 0.3) is 0 Å². The highest BCUT2D eigenvalue weighted by Crippen LogP contribution is 2.28. The summed E-state index contributed by atoms with van der Waals surface area (Å²) in [5.74, 6) is 1.30. The van der Waals surface area contributed by atoms with E-state index in [9.17, 15) is 8.42 Å². The minimum Gasteiger partial charge on any atom is -0.357 e. The van der Waals surface area contributed by atoms with Crippen molar-refractivity contribution in [3.8, 4) is 0 Å². The van der Waals surface area contributed by atoms with Crippen LogP contribution in [0, 0.1) is 5.92 Å². The highest BCUT2D eigenvalue weighted by atomic mass is 127. The molecule has 0 atom stereocenters. The largest absolute Gasteiger partial charge is 0.357 e. The van der Waals surface area contributed by atoms with Gasteiger partial charge in [-0.05, 0) is 25.7 Å². The molecule has 1 aliphatic rings. The Labute approximate surface area is 120 Å². The van der Waals surface area contributed by atoms with Crippen molar-refractivity contribution in [2.45, 2.75) is 19.8 Å². The van der Waals surface area contributed by atoms with Crippen molar-refractivity contribution in [1.29, 1.82) is 0 Å². The molecule has 0 aliphatic heterocycles. The lowest BCUT2D eigenvalue weighted by molar-refractivity contribution is 0.596. The zero-order valence-electron chi connectivity index (χ0n) is 9.98. The van der Waals surface area contributed by atoms with Gasteiger partial charge in [-0.3, -0.25) is 4.99 Å². The molecule has 0 unspecified atom stereocenters. The van der Waals surface area contributed by atoms with E-state index >= 15 is 0 Å². The molecule has 0 radical (unpaired) electrons. The topological polar surface area (TPSA) is 96.6 Å². The Bertz CT molecular complexity index is 341. The summed E-state index contributed by atoms with van der Waals surface area (Å²) < 4.78 is 21.4. The van der Waals surface area contributed by atoms with Crippen molar-refractivity contribution in [3.63, 3.8) is 0 Å². The minimum atomic E-state index is -3.40. The highest BCUT2D eigenvalue weighted by molar-refractivity contribution is 14.0. The van der Waals surface area contributed by atoms with E-state index in [0.717, 1.165) is 13.1 Å². The number of nitrogens with zero attached hydrogens (tertiary/aromatic N) is 1. The van der Waals surface area contributed by atoms with Crippen LogP contribution in [-0.4, -0.2) is 39.8 Å². The van der Waals surface area contributed by atoms with E-state index < -0.39 is 10.0 Å². The number of hydrogen-bond donors (Lipinski definition) is 3. The lowest BCUT2D eigenvalue weighted by Gasteiger charge is -2.10. The first kappa shape index (κ1) is 16.9. The molecule has 1 saturated carbocycles. The van der Waals surface area contributed by atoms with E-state index in [1.807, 2.05) is 6.92 Å². The third-order valence-electron chi connectivity index (χ3n) is 2.23. The molecule has 0 aromatic carbocycles. The van der Waals surface area contributed by atoms with Gasteiger partial charge >= 0.3 is 0 Å². The number of sulfonamides is 1. The van der Waals surface area contributed by atoms with Gasteiger partial charge in [-0.25, -0.2) is 13.6 Å². The predicted octanol–water partition coefficient (Wildman–Crippen LogP) is -0.142. The quantitative estimate of drug-likeness (QED) is 0.342. The Morgan fingerprint density at radius 2 is 2.06 bits per heavy atom. The normalized spacial score (nSPS) is 16.2. The average Bonchev–Trinajstić information content (AvgIpc) is 2.95. The van der Waals surface area contributed by atoms with Crippen LogP contribution in [0.15, 0.2) is 4.99 Å². The van der Waals surface area contributed by atoms with Gasteiger partial charge in [0.25, 0.3) is 0 Å². The third kappa shape index (κ3) is 9.60. The Balaban J connectivity index is 0.00000256. The maximum absolute atomic E-state index is 10.7. The van der Waals surface area contributed by atoms with Crippen LogP contribution in [0.4, 0.5) is 0 Å². The zero-order valence-corrected chi connectivity index (χ0v) is 13.1. The fourth-order valence-electron chi connectivity index (χ4n) is 1.17. The number of primary sulfonamides is 1. The first-order chi connectivity index (χ1) is 7.51. The molecular weight excluding hydrogens is 355 g/mol. The molecular formula is C9H21IN4O2S. The van der Waals surface area contributed by atoms with Gasteiger partial charge in [0.1, 0.15) is 0 Å². The lowest BCUT2D eigenvalue weighted by Crippen LogP contribution is -2.40. The summed E-state index contributed by atoms with van der Waals surface area (Å²) in [5.41, 5.74) is 0. The van der Waals surface area contributed by atoms with E-state index in [0.29, 0.717) is 11.9 Å². The second-order valence-corrected chi connectivity index (χ2v) is 5.69. The summed E-state index contributed by atoms with van der Waals surface area (Å²) >= 11 is 0. The van der Waals surface area contributed by atoms with E-state index in [2.05, 4.69) is 15.6 Å². The zero-order chi connectivity index (χ0) is 12.0. The number of rotatable bonds is 6. The predicted molar refractivity (Wildman–Crippen MR) is 80.1 cm³/mol. The summed E-state index contributed by atoms with van der Waals surface area (Å²) in [4.78, 5) is 4.35. The smallest absolute Gasteiger partial charge is 0.210 e. The molecule has 1 fully saturated rings. The molecule has 17 heavy (non-hydrogen) atoms. The number of halogens is 1. The monoisotopic (exact) mass is 376 g/mol. The van der Waals surface area contributed by atoms with Crippen LogP contribution >= 0.6 is 24.0 Å². The molecule has 0 amide bonds. The van der Waals surface area contributed by atoms with Gasteiger partial charge in [0.15, 0.2) is 5.96 Å². The van der Waals surface area contributed by atoms with E-state index in [1.165, 1.54) is 12.8 Å². The van der Waals surface area contributed by atoms with Crippen molar-refractivity contribution in [1.82, 2.24) is 10.6 Å². The van der Waals surface area contributed by atoms with Gasteiger partial charge < -0.3 is 10.6 Å². The van der Waals surface area contributed by atoms with Crippen molar-refractivity contribution >= 4 is 40.0 Å². The molecule has 8 heteroatoms. The maximum Gasteiger partial charge on any atom is 0.210 e. The van der Waals surface area contributed by atoms with Crippen LogP contribution in [0.5, 0.6) is 0 Å². The van der Waals surface area contributed by atoms with Crippen molar-refractivity contribution in [2.24, 2.45) is 16.0 Å². The summed E-state index contributed by atoms with van der Waals surface area (Å²) in [7, 11) is -3.40. The van der Waals surface area contributed by atoms with Gasteiger partial charge in [0.05, 0.1) is 5.75 Å². The van der Waals surface area contributed by atoms with Gasteiger partial charge in [0, 0.05) is 19.6 Å². The van der Waals surface area contributed by atoms with Crippen LogP contribution < -0.4 is 15.8 Å². The summed E-state index contributed by atoms with van der Waals surface area (Å²) in [6.45, 7) is 3.82. The van der Waals surface area contributed by atoms with Crippen LogP contribution in [0.1, 0.15) is 19.8 Å². The molecule has 0 aromatic rings. The van der Waals surface area contributed by atoms with Crippen LogP contribution in [0.2, 0.25) is 0 Å². The number of guanidine groups is 1. The molecule has 1 rings (SSSR count). The number of nitrogens with two attached hydrogens (primary N) is 1. The number of nitrogens with one attached hydrogen (secondary N) is 2. The minimum absolute atomic E-state index is 0. The molecule has 0 bridgehead atoms. The number of aliphatic imine (C=N–C) groups is 1. The van der Waals surface area contributed by atoms with Crippen molar-refractivity contribution in [2.75, 3.05) is 25.4 Å². The highest BCUT2D eigenvalue weighted by Gasteiger charge is 2.20. The Morgan fingerprint density at radius 3 is 2.53 bits per heavy atom. The SMILES string of the molecule is CCNC(=NCC1CC1)NCCS(N)(=O)=O.I. The van der Waals surface area contributed by atoms with Crippen molar-refractivity contribution in [3.05, 3.63) is 0 Å². The van der Waals surface area contributed by atoms with Gasteiger partial charge in [-0.15, -0.1) is 24.0 Å². The Hall–Kier alpha value is -0.0900. The van der Waals surface area contributed by atoms with Crippen LogP contribution in [-0.2, 0) is 10.0 Å². The standard InChI is InChI=1S/C9H20N4O2S.HI/c1-2-11-9(13-7-8-3-4-8)12-5-6-16(10,14)15;/h8H,2-7H2,1H3,(H2,10,14,15)(H2,11,12,13);1H. The fourth-order valence-corrected chi connectivity index (χ4v) is 1.56. The van der Waals surface area contributed by atoms with E-state index in [-0.39, 0.29) is 36.3 Å². The number of hydrogen-bond acceptors (Lipinski definition) is 3. The molecule has 0 aromatic heterocycles. The first-order valence-corrected chi connectivity index (χ1v) is 7.25. The fraction of sp³-hybridized carbons (Fsp3) is 0.889. The molecule has 0 spiro atoms. The molecule has 6 nitrogen and oxygen atoms in total. The lowest BCUT2D eigenvalue weighted by atomic mass is 10.4. The molecule has 0 heterocycles. The first-order valence-electron chi connectivity index (χ1n) is 5.54. The van der Waals surface area contributed by atoms with Gasteiger partial charge in [0.2, 0.25) is 10.0 Å². The summed E-state index contributed by atoms with van der Waals surface area (Å²) in [6.07, 6.45) is 2.50. The molecule has 4 N–H and O–H groups in total. The summed E-state index contributed by atoms with van der Waals surface area (Å²) in [6, 6.07) is 0. The molecule has 102 valence electrons. The summed E-state index contributed by atoms with van der Waals surface area (Å²) in [5, 5.41) is 10.9. The van der Waals surface area contributed by atoms with Gasteiger partial charge in [-0.1, -0.05) is 0 Å². The average molecular weight is 376 g/mol. The van der Waals surface area contributed by atoms with E-state index in [1.54, 1.807) is 0 Å². The Morgan fingerprint density at radius 1 is 1.41 bits per heavy atom. The molecule has 0 saturated heterocycles. The maximum atomic E-state index is 10.7. The Kier molecular flexibility index (Phi) is 8.05. The van der Waals surface area contributed by atoms with Gasteiger partial charge in [-0.2, -0.15) is 0 Å². The second-order valence-electron chi connectivity index (χ2n) is 3.96. The van der Waals surface area contributed by atoms with Crippen LogP contribution in [0.3, 0.4) is 0 Å². The van der Waals surface area contributed by atoms with Crippen molar-refractivity contribution < 1.29 is 8.42 Å². The second kappa shape index (κ2) is 8.09. The molecule has 1 aliphatic carbocycles.